The molecule has 1 aromatic heterocycles. The smallest absolute Gasteiger partial charge is 0.409 e. The standard InChI is InChI=1S/C17H29N5O2/c1-5-24-17(23)22-10-8-21(9-11-22)16-19-14(4)12-15(20-16)18-7-6-13(2)3/h12-13H,5-11H2,1-4H3,(H,18,19,20). The van der Waals surface area contributed by atoms with Gasteiger partial charge in [-0.3, -0.25) is 0 Å². The van der Waals surface area contributed by atoms with Gasteiger partial charge in [0.25, 0.3) is 0 Å². The van der Waals surface area contributed by atoms with Gasteiger partial charge in [-0.2, -0.15) is 4.98 Å². The lowest BCUT2D eigenvalue weighted by molar-refractivity contribution is 0.105. The molecule has 7 nitrogen and oxygen atoms in total. The van der Waals surface area contributed by atoms with E-state index in [1.54, 1.807) is 4.90 Å². The van der Waals surface area contributed by atoms with Crippen LogP contribution < -0.4 is 10.2 Å². The zero-order valence-corrected chi connectivity index (χ0v) is 15.2. The molecule has 0 radical (unpaired) electrons. The average Bonchev–Trinajstić information content (AvgIpc) is 2.54. The average molecular weight is 335 g/mol. The number of hydrogen-bond acceptors (Lipinski definition) is 6. The Balaban J connectivity index is 1.94. The summed E-state index contributed by atoms with van der Waals surface area (Å²) in [6, 6.07) is 1.97. The van der Waals surface area contributed by atoms with Crippen LogP contribution in [0.1, 0.15) is 32.9 Å². The number of carbonyl (C=O) groups excluding carboxylic acids is 1. The van der Waals surface area contributed by atoms with Crippen molar-refractivity contribution in [3.63, 3.8) is 0 Å². The SMILES string of the molecule is CCOC(=O)N1CCN(c2nc(C)cc(NCCC(C)C)n2)CC1. The van der Waals surface area contributed by atoms with Crippen LogP contribution in [0.5, 0.6) is 0 Å². The van der Waals surface area contributed by atoms with Gasteiger partial charge in [-0.15, -0.1) is 0 Å². The number of carbonyl (C=O) groups is 1. The van der Waals surface area contributed by atoms with E-state index < -0.39 is 0 Å². The second kappa shape index (κ2) is 8.70. The zero-order chi connectivity index (χ0) is 17.5. The highest BCUT2D eigenvalue weighted by molar-refractivity contribution is 5.68. The van der Waals surface area contributed by atoms with E-state index in [2.05, 4.69) is 34.0 Å². The summed E-state index contributed by atoms with van der Waals surface area (Å²) >= 11 is 0. The lowest BCUT2D eigenvalue weighted by Gasteiger charge is -2.34. The molecule has 24 heavy (non-hydrogen) atoms. The fourth-order valence-electron chi connectivity index (χ4n) is 2.58. The summed E-state index contributed by atoms with van der Waals surface area (Å²) < 4.78 is 5.05. The first-order valence-electron chi connectivity index (χ1n) is 8.75. The predicted octanol–water partition coefficient (Wildman–Crippen LogP) is 2.52. The van der Waals surface area contributed by atoms with Crippen molar-refractivity contribution in [1.82, 2.24) is 14.9 Å². The van der Waals surface area contributed by atoms with Crippen LogP contribution >= 0.6 is 0 Å². The molecule has 0 aromatic carbocycles. The summed E-state index contributed by atoms with van der Waals surface area (Å²) in [4.78, 5) is 24.8. The van der Waals surface area contributed by atoms with Crippen molar-refractivity contribution in [1.29, 1.82) is 0 Å². The maximum atomic E-state index is 11.8. The van der Waals surface area contributed by atoms with Crippen LogP contribution in [0.15, 0.2) is 6.07 Å². The summed E-state index contributed by atoms with van der Waals surface area (Å²) in [6.07, 6.45) is 0.870. The van der Waals surface area contributed by atoms with Gasteiger partial charge in [0.05, 0.1) is 6.61 Å². The maximum Gasteiger partial charge on any atom is 0.409 e. The molecule has 0 aliphatic carbocycles. The minimum atomic E-state index is -0.238. The van der Waals surface area contributed by atoms with E-state index in [0.29, 0.717) is 38.7 Å². The molecule has 2 rings (SSSR count). The van der Waals surface area contributed by atoms with Gasteiger partial charge in [0, 0.05) is 44.5 Å². The molecule has 0 unspecified atom stereocenters. The molecule has 2 heterocycles. The van der Waals surface area contributed by atoms with Gasteiger partial charge in [-0.25, -0.2) is 9.78 Å². The van der Waals surface area contributed by atoms with E-state index in [1.165, 1.54) is 0 Å². The molecule has 0 atom stereocenters. The van der Waals surface area contributed by atoms with E-state index in [9.17, 15) is 4.79 Å². The highest BCUT2D eigenvalue weighted by Gasteiger charge is 2.23. The van der Waals surface area contributed by atoms with Crippen LogP contribution in [0.25, 0.3) is 0 Å². The Morgan fingerprint density at radius 1 is 1.29 bits per heavy atom. The first-order chi connectivity index (χ1) is 11.5. The normalized spacial score (nSPS) is 14.9. The Bertz CT molecular complexity index is 542. The lowest BCUT2D eigenvalue weighted by atomic mass is 10.1. The monoisotopic (exact) mass is 335 g/mol. The maximum absolute atomic E-state index is 11.8. The summed E-state index contributed by atoms with van der Waals surface area (Å²) in [5, 5.41) is 3.38. The zero-order valence-electron chi connectivity index (χ0n) is 15.2. The third kappa shape index (κ3) is 5.25. The molecular weight excluding hydrogens is 306 g/mol. The van der Waals surface area contributed by atoms with Crippen molar-refractivity contribution >= 4 is 17.9 Å². The molecule has 1 saturated heterocycles. The first kappa shape index (κ1) is 18.3. The van der Waals surface area contributed by atoms with Crippen LogP contribution in [-0.2, 0) is 4.74 Å². The Morgan fingerprint density at radius 2 is 2.00 bits per heavy atom. The van der Waals surface area contributed by atoms with Crippen LogP contribution in [0, 0.1) is 12.8 Å². The fraction of sp³-hybridized carbons (Fsp3) is 0.706. The number of amides is 1. The molecule has 1 amide bonds. The molecule has 1 N–H and O–H groups in total. The molecule has 0 spiro atoms. The van der Waals surface area contributed by atoms with Gasteiger partial charge in [0.2, 0.25) is 5.95 Å². The summed E-state index contributed by atoms with van der Waals surface area (Å²) in [5.74, 6) is 2.26. The minimum Gasteiger partial charge on any atom is -0.450 e. The van der Waals surface area contributed by atoms with Crippen LogP contribution in [0.2, 0.25) is 0 Å². The second-order valence-electron chi connectivity index (χ2n) is 6.48. The lowest BCUT2D eigenvalue weighted by Crippen LogP contribution is -2.49. The summed E-state index contributed by atoms with van der Waals surface area (Å²) in [5.41, 5.74) is 0.944. The van der Waals surface area contributed by atoms with E-state index >= 15 is 0 Å². The van der Waals surface area contributed by atoms with Crippen LogP contribution in [-0.4, -0.2) is 60.3 Å². The Hall–Kier alpha value is -2.05. The number of piperazine rings is 1. The number of rotatable bonds is 6. The van der Waals surface area contributed by atoms with E-state index in [0.717, 1.165) is 30.4 Å². The van der Waals surface area contributed by atoms with Crippen LogP contribution in [0.3, 0.4) is 0 Å². The van der Waals surface area contributed by atoms with Gasteiger partial charge < -0.3 is 19.9 Å². The molecule has 7 heteroatoms. The minimum absolute atomic E-state index is 0.238. The number of ether oxygens (including phenoxy) is 1. The van der Waals surface area contributed by atoms with Gasteiger partial charge in [0.15, 0.2) is 0 Å². The van der Waals surface area contributed by atoms with Crippen molar-refractivity contribution < 1.29 is 9.53 Å². The van der Waals surface area contributed by atoms with Crippen molar-refractivity contribution in [3.05, 3.63) is 11.8 Å². The highest BCUT2D eigenvalue weighted by Crippen LogP contribution is 2.16. The molecule has 0 bridgehead atoms. The number of nitrogens with one attached hydrogen (secondary N) is 1. The molecule has 1 aliphatic heterocycles. The number of aromatic nitrogens is 2. The molecule has 1 aliphatic rings. The summed E-state index contributed by atoms with van der Waals surface area (Å²) in [6.45, 7) is 12.2. The third-order valence-corrected chi connectivity index (χ3v) is 3.96. The van der Waals surface area contributed by atoms with Gasteiger partial charge >= 0.3 is 6.09 Å². The number of nitrogens with zero attached hydrogens (tertiary/aromatic N) is 4. The summed E-state index contributed by atoms with van der Waals surface area (Å²) in [7, 11) is 0. The number of aryl methyl sites for hydroxylation is 1. The van der Waals surface area contributed by atoms with E-state index in [1.807, 2.05) is 19.9 Å². The van der Waals surface area contributed by atoms with Crippen molar-refractivity contribution in [2.75, 3.05) is 49.5 Å². The van der Waals surface area contributed by atoms with Gasteiger partial charge in [-0.1, -0.05) is 13.8 Å². The molecule has 134 valence electrons. The van der Waals surface area contributed by atoms with Gasteiger partial charge in [-0.05, 0) is 26.2 Å². The fourth-order valence-corrected chi connectivity index (χ4v) is 2.58. The first-order valence-corrected chi connectivity index (χ1v) is 8.75. The third-order valence-electron chi connectivity index (χ3n) is 3.96. The Kier molecular flexibility index (Phi) is 6.63. The number of anilines is 2. The van der Waals surface area contributed by atoms with E-state index in [4.69, 9.17) is 4.74 Å². The molecule has 0 saturated carbocycles. The van der Waals surface area contributed by atoms with Gasteiger partial charge in [0.1, 0.15) is 5.82 Å². The second-order valence-corrected chi connectivity index (χ2v) is 6.48. The molecule has 1 aromatic rings. The predicted molar refractivity (Wildman–Crippen MR) is 95.5 cm³/mol. The van der Waals surface area contributed by atoms with Crippen molar-refractivity contribution in [2.45, 2.75) is 34.1 Å². The quantitative estimate of drug-likeness (QED) is 0.861. The molecular formula is C17H29N5O2. The number of hydrogen-bond donors (Lipinski definition) is 1. The van der Waals surface area contributed by atoms with Crippen LogP contribution in [0.4, 0.5) is 16.6 Å². The van der Waals surface area contributed by atoms with Crippen molar-refractivity contribution in [3.8, 4) is 0 Å². The van der Waals surface area contributed by atoms with E-state index in [-0.39, 0.29) is 6.09 Å². The Labute approximate surface area is 144 Å². The highest BCUT2D eigenvalue weighted by atomic mass is 16.6. The van der Waals surface area contributed by atoms with Crippen molar-refractivity contribution in [2.24, 2.45) is 5.92 Å². The molecule has 1 fully saturated rings. The Morgan fingerprint density at radius 3 is 2.62 bits per heavy atom. The largest absolute Gasteiger partial charge is 0.450 e. The topological polar surface area (TPSA) is 70.6 Å².